The van der Waals surface area contributed by atoms with Crippen molar-refractivity contribution in [1.82, 2.24) is 0 Å². The van der Waals surface area contributed by atoms with Gasteiger partial charge >= 0.3 is 5.97 Å². The molecule has 3 aliphatic rings. The summed E-state index contributed by atoms with van der Waals surface area (Å²) in [6.45, 7) is 3.17. The molecule has 2 heterocycles. The molecule has 9 unspecified atom stereocenters. The molecule has 0 saturated carbocycles. The zero-order chi connectivity index (χ0) is 22.0. The molecule has 9 atom stereocenters. The summed E-state index contributed by atoms with van der Waals surface area (Å²) in [7, 11) is 0. The van der Waals surface area contributed by atoms with E-state index in [4.69, 9.17) is 18.9 Å². The number of fused-ring (bicyclic) bond motifs is 1. The fourth-order valence-corrected chi connectivity index (χ4v) is 3.92. The van der Waals surface area contributed by atoms with Crippen LogP contribution < -0.4 is 0 Å². The van der Waals surface area contributed by atoms with Crippen molar-refractivity contribution in [2.24, 2.45) is 17.8 Å². The van der Waals surface area contributed by atoms with Gasteiger partial charge in [0.2, 0.25) is 6.29 Å². The highest BCUT2D eigenvalue weighted by Gasteiger charge is 2.49. The molecule has 5 N–H and O–H groups in total. The molecule has 1 aliphatic carbocycles. The molecule has 2 aliphatic heterocycles. The molecule has 0 aromatic heterocycles. The van der Waals surface area contributed by atoms with Crippen LogP contribution in [-0.2, 0) is 23.7 Å². The molecule has 1 fully saturated rings. The summed E-state index contributed by atoms with van der Waals surface area (Å²) in [6, 6.07) is 0. The van der Waals surface area contributed by atoms with Gasteiger partial charge in [-0.05, 0) is 17.6 Å². The van der Waals surface area contributed by atoms with Crippen molar-refractivity contribution >= 4 is 5.97 Å². The highest BCUT2D eigenvalue weighted by molar-refractivity contribution is 5.69. The predicted molar refractivity (Wildman–Crippen MR) is 100 cm³/mol. The Bertz CT molecular complexity index is 660. The number of aliphatic hydroxyl groups is 5. The number of rotatable bonds is 7. The Labute approximate surface area is 174 Å². The van der Waals surface area contributed by atoms with Gasteiger partial charge in [0.15, 0.2) is 6.29 Å². The Kier molecular flexibility index (Phi) is 7.51. The van der Waals surface area contributed by atoms with Crippen molar-refractivity contribution < 1.29 is 49.3 Å². The molecule has 1 saturated heterocycles. The first-order valence-electron chi connectivity index (χ1n) is 10.0. The van der Waals surface area contributed by atoms with Gasteiger partial charge in [-0.2, -0.15) is 0 Å². The third-order valence-electron chi connectivity index (χ3n) is 5.52. The van der Waals surface area contributed by atoms with Crippen LogP contribution in [0.5, 0.6) is 0 Å². The summed E-state index contributed by atoms with van der Waals surface area (Å²) >= 11 is 0. The molecule has 0 radical (unpaired) electrons. The lowest BCUT2D eigenvalue weighted by Crippen LogP contribution is -2.60. The van der Waals surface area contributed by atoms with Crippen LogP contribution in [-0.4, -0.2) is 87.8 Å². The molecule has 170 valence electrons. The second-order valence-corrected chi connectivity index (χ2v) is 8.26. The van der Waals surface area contributed by atoms with Crippen molar-refractivity contribution in [3.8, 4) is 0 Å². The molecule has 30 heavy (non-hydrogen) atoms. The van der Waals surface area contributed by atoms with E-state index in [-0.39, 0.29) is 24.9 Å². The standard InChI is InChI=1S/C20H30O10/c1-9(2)5-14(23)28-8-10-6-12(22)11-3-4-27-19(15(10)11)30-20-18(26)17(25)16(24)13(7-21)29-20/h3-4,6,9,11-13,15-22,24-26H,5,7-8H2,1-2H3. The maximum absolute atomic E-state index is 11.9. The molecule has 10 heteroatoms. The monoisotopic (exact) mass is 430 g/mol. The van der Waals surface area contributed by atoms with Gasteiger partial charge in [-0.25, -0.2) is 0 Å². The summed E-state index contributed by atoms with van der Waals surface area (Å²) in [5.41, 5.74) is 0.601. The van der Waals surface area contributed by atoms with E-state index in [9.17, 15) is 30.3 Å². The van der Waals surface area contributed by atoms with Gasteiger partial charge in [0, 0.05) is 12.3 Å². The Morgan fingerprint density at radius 1 is 1.13 bits per heavy atom. The maximum atomic E-state index is 11.9. The van der Waals surface area contributed by atoms with Crippen molar-refractivity contribution in [2.45, 2.75) is 63.4 Å². The van der Waals surface area contributed by atoms with Crippen LogP contribution in [0.4, 0.5) is 0 Å². The number of esters is 1. The van der Waals surface area contributed by atoms with Gasteiger partial charge in [0.1, 0.15) is 31.0 Å². The van der Waals surface area contributed by atoms with Crippen molar-refractivity contribution in [3.05, 3.63) is 24.0 Å². The van der Waals surface area contributed by atoms with Crippen LogP contribution >= 0.6 is 0 Å². The van der Waals surface area contributed by atoms with Gasteiger partial charge < -0.3 is 44.5 Å². The van der Waals surface area contributed by atoms with E-state index in [1.54, 1.807) is 12.2 Å². The highest BCUT2D eigenvalue weighted by Crippen LogP contribution is 2.41. The van der Waals surface area contributed by atoms with E-state index >= 15 is 0 Å². The number of hydrogen-bond donors (Lipinski definition) is 5. The Morgan fingerprint density at radius 2 is 1.87 bits per heavy atom. The Hall–Kier alpha value is -1.53. The van der Waals surface area contributed by atoms with Crippen LogP contribution in [0.2, 0.25) is 0 Å². The third kappa shape index (κ3) is 4.86. The molecule has 0 bridgehead atoms. The molecule has 0 aromatic carbocycles. The van der Waals surface area contributed by atoms with Crippen LogP contribution in [0.3, 0.4) is 0 Å². The van der Waals surface area contributed by atoms with E-state index in [1.807, 2.05) is 13.8 Å². The molecule has 0 amide bonds. The minimum atomic E-state index is -1.59. The van der Waals surface area contributed by atoms with Gasteiger partial charge in [-0.3, -0.25) is 4.79 Å². The third-order valence-corrected chi connectivity index (χ3v) is 5.52. The lowest BCUT2D eigenvalue weighted by molar-refractivity contribution is -0.339. The summed E-state index contributed by atoms with van der Waals surface area (Å²) in [5.74, 6) is -1.13. The molecule has 0 aromatic rings. The minimum absolute atomic E-state index is 0.0461. The number of aliphatic hydroxyl groups excluding tert-OH is 5. The number of hydrogen-bond acceptors (Lipinski definition) is 10. The van der Waals surface area contributed by atoms with E-state index < -0.39 is 61.5 Å². The highest BCUT2D eigenvalue weighted by atomic mass is 16.8. The van der Waals surface area contributed by atoms with Gasteiger partial charge in [0.25, 0.3) is 0 Å². The minimum Gasteiger partial charge on any atom is -0.472 e. The lowest BCUT2D eigenvalue weighted by atomic mass is 9.88. The first-order chi connectivity index (χ1) is 14.2. The summed E-state index contributed by atoms with van der Waals surface area (Å²) in [4.78, 5) is 11.9. The van der Waals surface area contributed by atoms with Crippen molar-refractivity contribution in [1.29, 1.82) is 0 Å². The number of carbonyl (C=O) groups is 1. The van der Waals surface area contributed by atoms with Crippen LogP contribution in [0.25, 0.3) is 0 Å². The van der Waals surface area contributed by atoms with E-state index in [2.05, 4.69) is 0 Å². The smallest absolute Gasteiger partial charge is 0.306 e. The van der Waals surface area contributed by atoms with Gasteiger partial charge in [0.05, 0.1) is 24.9 Å². The Morgan fingerprint density at radius 3 is 2.53 bits per heavy atom. The fraction of sp³-hybridized carbons (Fsp3) is 0.750. The molecular weight excluding hydrogens is 400 g/mol. The fourth-order valence-electron chi connectivity index (χ4n) is 3.92. The summed E-state index contributed by atoms with van der Waals surface area (Å²) < 4.78 is 22.0. The summed E-state index contributed by atoms with van der Waals surface area (Å²) in [5, 5.41) is 49.8. The molecule has 3 rings (SSSR count). The predicted octanol–water partition coefficient (Wildman–Crippen LogP) is -1.20. The summed E-state index contributed by atoms with van der Waals surface area (Å²) in [6.07, 6.45) is -4.16. The largest absolute Gasteiger partial charge is 0.472 e. The van der Waals surface area contributed by atoms with Crippen molar-refractivity contribution in [2.75, 3.05) is 13.2 Å². The van der Waals surface area contributed by atoms with Crippen molar-refractivity contribution in [3.63, 3.8) is 0 Å². The molecule has 10 nitrogen and oxygen atoms in total. The Balaban J connectivity index is 1.70. The first kappa shape index (κ1) is 23.1. The maximum Gasteiger partial charge on any atom is 0.306 e. The van der Waals surface area contributed by atoms with E-state index in [0.29, 0.717) is 5.57 Å². The zero-order valence-electron chi connectivity index (χ0n) is 16.9. The first-order valence-corrected chi connectivity index (χ1v) is 10.0. The van der Waals surface area contributed by atoms with Crippen LogP contribution in [0.1, 0.15) is 20.3 Å². The second kappa shape index (κ2) is 9.73. The average molecular weight is 430 g/mol. The molecular formula is C20H30O10. The molecule has 0 spiro atoms. The topological polar surface area (TPSA) is 155 Å². The van der Waals surface area contributed by atoms with Gasteiger partial charge in [-0.15, -0.1) is 0 Å². The quantitative estimate of drug-likeness (QED) is 0.246. The number of carbonyl (C=O) groups excluding carboxylic acids is 1. The van der Waals surface area contributed by atoms with E-state index in [1.165, 1.54) is 6.26 Å². The number of ether oxygens (including phenoxy) is 4. The van der Waals surface area contributed by atoms with E-state index in [0.717, 1.165) is 0 Å². The van der Waals surface area contributed by atoms with Crippen LogP contribution in [0, 0.1) is 17.8 Å². The second-order valence-electron chi connectivity index (χ2n) is 8.26. The lowest BCUT2D eigenvalue weighted by Gasteiger charge is -2.42. The van der Waals surface area contributed by atoms with Gasteiger partial charge in [-0.1, -0.05) is 19.9 Å². The SMILES string of the molecule is CC(C)CC(=O)OCC1=CC(O)C2C=COC(OC3OC(CO)C(O)C(O)C3O)C12. The normalized spacial score (nSPS) is 40.7. The average Bonchev–Trinajstić information content (AvgIpc) is 3.03. The zero-order valence-corrected chi connectivity index (χ0v) is 16.9. The van der Waals surface area contributed by atoms with Crippen LogP contribution in [0.15, 0.2) is 24.0 Å².